The number of rotatable bonds is 3. The van der Waals surface area contributed by atoms with E-state index >= 15 is 0 Å². The van der Waals surface area contributed by atoms with Crippen LogP contribution in [0.1, 0.15) is 11.1 Å². The fraction of sp³-hybridized carbons (Fsp3) is 0.143. The van der Waals surface area contributed by atoms with E-state index < -0.39 is 0 Å². The van der Waals surface area contributed by atoms with Gasteiger partial charge in [-0.3, -0.25) is 0 Å². The van der Waals surface area contributed by atoms with Gasteiger partial charge in [0.1, 0.15) is 11.5 Å². The molecule has 0 aliphatic heterocycles. The van der Waals surface area contributed by atoms with E-state index in [4.69, 9.17) is 16.3 Å². The summed E-state index contributed by atoms with van der Waals surface area (Å²) in [4.78, 5) is 0. The third-order valence-electron chi connectivity index (χ3n) is 2.45. The molecule has 0 saturated carbocycles. The molecule has 2 aromatic rings. The van der Waals surface area contributed by atoms with Crippen LogP contribution in [0.4, 0.5) is 0 Å². The molecule has 0 aliphatic carbocycles. The van der Waals surface area contributed by atoms with E-state index in [1.807, 2.05) is 43.3 Å². The van der Waals surface area contributed by atoms with E-state index in [2.05, 4.69) is 28.7 Å². The molecule has 0 aromatic heterocycles. The maximum absolute atomic E-state index is 5.89. The van der Waals surface area contributed by atoms with Crippen LogP contribution < -0.4 is 4.74 Å². The molecule has 0 unspecified atom stereocenters. The van der Waals surface area contributed by atoms with Crippen molar-refractivity contribution < 1.29 is 4.74 Å². The van der Waals surface area contributed by atoms with E-state index in [-0.39, 0.29) is 0 Å². The SMILES string of the molecule is Cc1cc(CCl)ccc1Oc1ccccc1I. The maximum atomic E-state index is 5.89. The van der Waals surface area contributed by atoms with Crippen molar-refractivity contribution in [2.75, 3.05) is 0 Å². The molecular weight excluding hydrogens is 347 g/mol. The van der Waals surface area contributed by atoms with Crippen LogP contribution >= 0.6 is 34.2 Å². The lowest BCUT2D eigenvalue weighted by molar-refractivity contribution is 0.475. The quantitative estimate of drug-likeness (QED) is 0.546. The minimum absolute atomic E-state index is 0.532. The Bertz CT molecular complexity index is 525. The molecule has 17 heavy (non-hydrogen) atoms. The van der Waals surface area contributed by atoms with Crippen LogP contribution in [-0.4, -0.2) is 0 Å². The number of ether oxygens (including phenoxy) is 1. The van der Waals surface area contributed by atoms with Crippen LogP contribution in [-0.2, 0) is 5.88 Å². The summed E-state index contributed by atoms with van der Waals surface area (Å²) >= 11 is 8.06. The highest BCUT2D eigenvalue weighted by Crippen LogP contribution is 2.29. The van der Waals surface area contributed by atoms with Gasteiger partial charge in [-0.2, -0.15) is 0 Å². The molecule has 3 heteroatoms. The molecule has 1 nitrogen and oxygen atoms in total. The molecule has 0 atom stereocenters. The summed E-state index contributed by atoms with van der Waals surface area (Å²) in [5.41, 5.74) is 2.21. The van der Waals surface area contributed by atoms with E-state index in [1.165, 1.54) is 0 Å². The average Bonchev–Trinajstić information content (AvgIpc) is 2.34. The first-order valence-electron chi connectivity index (χ1n) is 5.28. The van der Waals surface area contributed by atoms with Crippen LogP contribution in [0.2, 0.25) is 0 Å². The topological polar surface area (TPSA) is 9.23 Å². The molecule has 0 radical (unpaired) electrons. The summed E-state index contributed by atoms with van der Waals surface area (Å²) < 4.78 is 6.99. The van der Waals surface area contributed by atoms with Gasteiger partial charge in [-0.15, -0.1) is 11.6 Å². The Labute approximate surface area is 120 Å². The zero-order valence-corrected chi connectivity index (χ0v) is 12.3. The minimum atomic E-state index is 0.532. The lowest BCUT2D eigenvalue weighted by Crippen LogP contribution is -1.90. The van der Waals surface area contributed by atoms with E-state index in [0.717, 1.165) is 26.2 Å². The highest BCUT2D eigenvalue weighted by molar-refractivity contribution is 14.1. The maximum Gasteiger partial charge on any atom is 0.140 e. The molecule has 0 spiro atoms. The Kier molecular flexibility index (Phi) is 4.29. The second-order valence-corrected chi connectivity index (χ2v) is 5.20. The standard InChI is InChI=1S/C14H12ClIO/c1-10-8-11(9-15)6-7-13(10)17-14-5-3-2-4-12(14)16/h2-8H,9H2,1H3. The molecular formula is C14H12ClIO. The third kappa shape index (κ3) is 3.13. The van der Waals surface area contributed by atoms with E-state index in [9.17, 15) is 0 Å². The number of hydrogen-bond acceptors (Lipinski definition) is 1. The lowest BCUT2D eigenvalue weighted by atomic mass is 10.1. The van der Waals surface area contributed by atoms with E-state index in [0.29, 0.717) is 5.88 Å². The summed E-state index contributed by atoms with van der Waals surface area (Å²) in [6.07, 6.45) is 0. The molecule has 0 N–H and O–H groups in total. The molecule has 0 bridgehead atoms. The van der Waals surface area contributed by atoms with Gasteiger partial charge in [0, 0.05) is 5.88 Å². The zero-order valence-electron chi connectivity index (χ0n) is 9.41. The molecule has 0 amide bonds. The Morgan fingerprint density at radius 2 is 1.88 bits per heavy atom. The number of alkyl halides is 1. The number of para-hydroxylation sites is 1. The van der Waals surface area contributed by atoms with Gasteiger partial charge in [0.2, 0.25) is 0 Å². The summed E-state index contributed by atoms with van der Waals surface area (Å²) in [5.74, 6) is 2.29. The Morgan fingerprint density at radius 3 is 2.53 bits per heavy atom. The van der Waals surface area contributed by atoms with Crippen LogP contribution in [0.5, 0.6) is 11.5 Å². The van der Waals surface area contributed by atoms with Crippen molar-refractivity contribution in [1.29, 1.82) is 0 Å². The first-order chi connectivity index (χ1) is 8.20. The van der Waals surface area contributed by atoms with Crippen LogP contribution in [0, 0.1) is 10.5 Å². The normalized spacial score (nSPS) is 10.3. The zero-order chi connectivity index (χ0) is 12.3. The number of benzene rings is 2. The molecule has 0 aliphatic rings. The van der Waals surface area contributed by atoms with E-state index in [1.54, 1.807) is 0 Å². The Balaban J connectivity index is 2.28. The van der Waals surface area contributed by atoms with Gasteiger partial charge >= 0.3 is 0 Å². The third-order valence-corrected chi connectivity index (χ3v) is 3.65. The summed E-state index contributed by atoms with van der Waals surface area (Å²) in [6, 6.07) is 14.0. The summed E-state index contributed by atoms with van der Waals surface area (Å²) in [7, 11) is 0. The highest BCUT2D eigenvalue weighted by atomic mass is 127. The number of aryl methyl sites for hydroxylation is 1. The van der Waals surface area contributed by atoms with Crippen molar-refractivity contribution in [1.82, 2.24) is 0 Å². The summed E-state index contributed by atoms with van der Waals surface area (Å²) in [6.45, 7) is 2.03. The Morgan fingerprint density at radius 1 is 1.12 bits per heavy atom. The van der Waals surface area contributed by atoms with Crippen molar-refractivity contribution >= 4 is 34.2 Å². The van der Waals surface area contributed by atoms with Gasteiger partial charge < -0.3 is 4.74 Å². The molecule has 2 aromatic carbocycles. The summed E-state index contributed by atoms with van der Waals surface area (Å²) in [5, 5.41) is 0. The predicted octanol–water partition coefficient (Wildman–Crippen LogP) is 5.13. The molecule has 0 heterocycles. The fourth-order valence-electron chi connectivity index (χ4n) is 1.56. The van der Waals surface area contributed by atoms with Gasteiger partial charge in [-0.1, -0.05) is 24.3 Å². The van der Waals surface area contributed by atoms with Crippen LogP contribution in [0.15, 0.2) is 42.5 Å². The van der Waals surface area contributed by atoms with Gasteiger partial charge in [0.15, 0.2) is 0 Å². The van der Waals surface area contributed by atoms with Crippen LogP contribution in [0.25, 0.3) is 0 Å². The molecule has 88 valence electrons. The van der Waals surface area contributed by atoms with Crippen molar-refractivity contribution in [3.63, 3.8) is 0 Å². The van der Waals surface area contributed by atoms with Gasteiger partial charge in [0.05, 0.1) is 3.57 Å². The van der Waals surface area contributed by atoms with Gasteiger partial charge in [-0.05, 0) is 58.8 Å². The monoisotopic (exact) mass is 358 g/mol. The first kappa shape index (κ1) is 12.7. The lowest BCUT2D eigenvalue weighted by Gasteiger charge is -2.10. The first-order valence-corrected chi connectivity index (χ1v) is 6.90. The predicted molar refractivity (Wildman–Crippen MR) is 80.0 cm³/mol. The minimum Gasteiger partial charge on any atom is -0.456 e. The second-order valence-electron chi connectivity index (χ2n) is 3.77. The van der Waals surface area contributed by atoms with Crippen molar-refractivity contribution in [2.45, 2.75) is 12.8 Å². The Hall–Kier alpha value is -0.740. The molecule has 2 rings (SSSR count). The van der Waals surface area contributed by atoms with Crippen molar-refractivity contribution in [3.8, 4) is 11.5 Å². The van der Waals surface area contributed by atoms with Crippen molar-refractivity contribution in [2.24, 2.45) is 0 Å². The largest absolute Gasteiger partial charge is 0.456 e. The fourth-order valence-corrected chi connectivity index (χ4v) is 2.22. The second kappa shape index (κ2) is 5.74. The van der Waals surface area contributed by atoms with Gasteiger partial charge in [-0.25, -0.2) is 0 Å². The van der Waals surface area contributed by atoms with Crippen molar-refractivity contribution in [3.05, 3.63) is 57.2 Å². The number of hydrogen-bond donors (Lipinski definition) is 0. The highest BCUT2D eigenvalue weighted by Gasteiger charge is 2.04. The smallest absolute Gasteiger partial charge is 0.140 e. The van der Waals surface area contributed by atoms with Crippen LogP contribution in [0.3, 0.4) is 0 Å². The molecule has 0 fully saturated rings. The number of halogens is 2. The molecule has 0 saturated heterocycles. The average molecular weight is 359 g/mol. The van der Waals surface area contributed by atoms with Gasteiger partial charge in [0.25, 0.3) is 0 Å².